The Morgan fingerprint density at radius 1 is 1.08 bits per heavy atom. The summed E-state index contributed by atoms with van der Waals surface area (Å²) in [5, 5.41) is 4.57. The first-order chi connectivity index (χ1) is 18.0. The molecule has 1 saturated carbocycles. The first-order valence-electron chi connectivity index (χ1n) is 13.9. The molecular formula is C29H39N7O. The molecule has 0 radical (unpaired) electrons. The largest absolute Gasteiger partial charge is 0.366 e. The van der Waals surface area contributed by atoms with Crippen LogP contribution in [0.15, 0.2) is 42.9 Å². The van der Waals surface area contributed by atoms with E-state index in [1.165, 1.54) is 24.9 Å². The molecule has 37 heavy (non-hydrogen) atoms. The third kappa shape index (κ3) is 4.84. The van der Waals surface area contributed by atoms with E-state index in [4.69, 9.17) is 10.7 Å². The molecule has 3 aliphatic rings. The Morgan fingerprint density at radius 2 is 1.89 bits per heavy atom. The zero-order chi connectivity index (χ0) is 25.5. The molecule has 8 heteroatoms. The van der Waals surface area contributed by atoms with Gasteiger partial charge in [-0.2, -0.15) is 5.10 Å². The molecule has 2 N–H and O–H groups in total. The van der Waals surface area contributed by atoms with Crippen LogP contribution in [0.2, 0.25) is 0 Å². The van der Waals surface area contributed by atoms with Crippen LogP contribution in [0.3, 0.4) is 0 Å². The number of fused-ring (bicyclic) bond motifs is 1. The second-order valence-corrected chi connectivity index (χ2v) is 11.4. The van der Waals surface area contributed by atoms with E-state index in [2.05, 4.69) is 65.4 Å². The predicted octanol–water partition coefficient (Wildman–Crippen LogP) is 3.37. The summed E-state index contributed by atoms with van der Waals surface area (Å²) in [6, 6.07) is 9.50. The summed E-state index contributed by atoms with van der Waals surface area (Å²) in [6.07, 6.45) is 10.2. The molecule has 2 aliphatic heterocycles. The van der Waals surface area contributed by atoms with Crippen molar-refractivity contribution in [3.8, 4) is 11.3 Å². The van der Waals surface area contributed by atoms with E-state index in [9.17, 15) is 4.79 Å². The highest BCUT2D eigenvalue weighted by Crippen LogP contribution is 2.32. The van der Waals surface area contributed by atoms with E-state index in [-0.39, 0.29) is 17.9 Å². The molecule has 0 bridgehead atoms. The lowest BCUT2D eigenvalue weighted by Gasteiger charge is -2.40. The molecule has 5 heterocycles. The predicted molar refractivity (Wildman–Crippen MR) is 147 cm³/mol. The highest BCUT2D eigenvalue weighted by Gasteiger charge is 2.36. The molecule has 3 aromatic rings. The topological polar surface area (TPSA) is 83.0 Å². The van der Waals surface area contributed by atoms with Gasteiger partial charge < -0.3 is 20.4 Å². The van der Waals surface area contributed by atoms with Gasteiger partial charge in [-0.3, -0.25) is 9.78 Å². The van der Waals surface area contributed by atoms with Crippen molar-refractivity contribution >= 4 is 17.1 Å². The van der Waals surface area contributed by atoms with Gasteiger partial charge in [-0.1, -0.05) is 6.07 Å². The number of hydrogen-bond acceptors (Lipinski definition) is 6. The molecule has 8 nitrogen and oxygen atoms in total. The summed E-state index contributed by atoms with van der Waals surface area (Å²) in [4.78, 5) is 24.6. The van der Waals surface area contributed by atoms with Gasteiger partial charge in [-0.25, -0.2) is 4.52 Å². The van der Waals surface area contributed by atoms with Crippen molar-refractivity contribution in [1.82, 2.24) is 24.4 Å². The summed E-state index contributed by atoms with van der Waals surface area (Å²) in [7, 11) is 0. The molecule has 1 atom stereocenters. The Labute approximate surface area is 219 Å². The van der Waals surface area contributed by atoms with E-state index in [1.54, 1.807) is 0 Å². The lowest BCUT2D eigenvalue weighted by atomic mass is 9.80. The minimum Gasteiger partial charge on any atom is -0.366 e. The van der Waals surface area contributed by atoms with Crippen LogP contribution >= 0.6 is 0 Å². The van der Waals surface area contributed by atoms with Gasteiger partial charge in [-0.15, -0.1) is 0 Å². The third-order valence-corrected chi connectivity index (χ3v) is 8.68. The van der Waals surface area contributed by atoms with Crippen molar-refractivity contribution in [2.24, 2.45) is 11.7 Å². The van der Waals surface area contributed by atoms with Crippen LogP contribution in [0, 0.1) is 5.92 Å². The first-order valence-corrected chi connectivity index (χ1v) is 13.9. The second kappa shape index (κ2) is 10.1. The number of nitrogens with two attached hydrogens (primary N) is 1. The zero-order valence-electron chi connectivity index (χ0n) is 22.1. The number of rotatable bonds is 5. The van der Waals surface area contributed by atoms with E-state index in [0.29, 0.717) is 12.0 Å². The number of pyridine rings is 1. The summed E-state index contributed by atoms with van der Waals surface area (Å²) in [5.41, 5.74) is 11.5. The summed E-state index contributed by atoms with van der Waals surface area (Å²) in [5.74, 6) is 0.977. The minimum atomic E-state index is 0.133. The van der Waals surface area contributed by atoms with Crippen molar-refractivity contribution in [1.29, 1.82) is 0 Å². The van der Waals surface area contributed by atoms with Crippen molar-refractivity contribution in [3.05, 3.63) is 48.4 Å². The molecule has 1 aliphatic carbocycles. The van der Waals surface area contributed by atoms with Gasteiger partial charge in [0.1, 0.15) is 0 Å². The number of amides is 1. The SMILES string of the molecule is CC(C)N1CCC[C@H](c2ccc(-c3cc4c(N5CCN(C(=O)[C@H]6C[C@H](N)C6)CC5)ccnn4c3)nc2)C1. The van der Waals surface area contributed by atoms with Crippen LogP contribution in [-0.2, 0) is 4.79 Å². The molecule has 0 spiro atoms. The molecule has 3 aromatic heterocycles. The Balaban J connectivity index is 1.15. The van der Waals surface area contributed by atoms with E-state index < -0.39 is 0 Å². The van der Waals surface area contributed by atoms with Gasteiger partial charge in [-0.05, 0) is 75.8 Å². The average molecular weight is 502 g/mol. The average Bonchev–Trinajstić information content (AvgIpc) is 3.36. The lowest BCUT2D eigenvalue weighted by molar-refractivity contribution is -0.139. The van der Waals surface area contributed by atoms with Crippen molar-refractivity contribution < 1.29 is 4.79 Å². The Kier molecular flexibility index (Phi) is 6.63. The Bertz CT molecular complexity index is 1240. The summed E-state index contributed by atoms with van der Waals surface area (Å²) >= 11 is 0. The van der Waals surface area contributed by atoms with Crippen molar-refractivity contribution in [2.45, 2.75) is 57.5 Å². The number of piperidine rings is 1. The monoisotopic (exact) mass is 501 g/mol. The lowest BCUT2D eigenvalue weighted by Crippen LogP contribution is -2.53. The van der Waals surface area contributed by atoms with Gasteiger partial charge in [0, 0.05) is 74.9 Å². The standard InChI is InChI=1S/C29H39N7O/c1-20(2)35-9-3-4-22(18-35)21-5-6-26(31-17-21)24-16-28-27(7-8-32-36(28)19-24)33-10-12-34(13-11-33)29(37)23-14-25(30)15-23/h5-8,16-17,19-20,22-23,25H,3-4,9-15,18,30H2,1-2H3/t22-,23-,25-/m0/s1. The van der Waals surface area contributed by atoms with E-state index in [1.807, 2.05) is 15.6 Å². The van der Waals surface area contributed by atoms with Crippen LogP contribution in [-0.4, -0.2) is 81.7 Å². The molecule has 196 valence electrons. The van der Waals surface area contributed by atoms with Crippen LogP contribution in [0.25, 0.3) is 16.8 Å². The van der Waals surface area contributed by atoms with Crippen LogP contribution < -0.4 is 10.6 Å². The maximum absolute atomic E-state index is 12.7. The molecule has 3 fully saturated rings. The number of carbonyl (C=O) groups excluding carboxylic acids is 1. The smallest absolute Gasteiger partial charge is 0.225 e. The highest BCUT2D eigenvalue weighted by atomic mass is 16.2. The van der Waals surface area contributed by atoms with Crippen LogP contribution in [0.1, 0.15) is 51.0 Å². The molecular weight excluding hydrogens is 462 g/mol. The van der Waals surface area contributed by atoms with Gasteiger partial charge in [0.25, 0.3) is 0 Å². The number of carbonyl (C=O) groups is 1. The quantitative estimate of drug-likeness (QED) is 0.577. The number of aromatic nitrogens is 3. The second-order valence-electron chi connectivity index (χ2n) is 11.4. The fraction of sp³-hybridized carbons (Fsp3) is 0.552. The van der Waals surface area contributed by atoms with Crippen LogP contribution in [0.5, 0.6) is 0 Å². The van der Waals surface area contributed by atoms with E-state index in [0.717, 1.165) is 68.0 Å². The molecule has 0 aromatic carbocycles. The fourth-order valence-corrected chi connectivity index (χ4v) is 6.26. The van der Waals surface area contributed by atoms with Gasteiger partial charge in [0.2, 0.25) is 5.91 Å². The normalized spacial score (nSPS) is 25.0. The summed E-state index contributed by atoms with van der Waals surface area (Å²) in [6.45, 7) is 10.1. The molecule has 0 unspecified atom stereocenters. The number of anilines is 1. The number of nitrogens with zero attached hydrogens (tertiary/aromatic N) is 6. The van der Waals surface area contributed by atoms with Gasteiger partial charge >= 0.3 is 0 Å². The Morgan fingerprint density at radius 3 is 2.59 bits per heavy atom. The van der Waals surface area contributed by atoms with E-state index >= 15 is 0 Å². The highest BCUT2D eigenvalue weighted by molar-refractivity contribution is 5.81. The molecule has 1 amide bonds. The molecule has 2 saturated heterocycles. The minimum absolute atomic E-state index is 0.133. The zero-order valence-corrected chi connectivity index (χ0v) is 22.1. The fourth-order valence-electron chi connectivity index (χ4n) is 6.26. The maximum Gasteiger partial charge on any atom is 0.225 e. The Hall–Kier alpha value is -2.97. The van der Waals surface area contributed by atoms with Crippen molar-refractivity contribution in [2.75, 3.05) is 44.2 Å². The first kappa shape index (κ1) is 24.4. The number of hydrogen-bond donors (Lipinski definition) is 1. The van der Waals surface area contributed by atoms with Gasteiger partial charge in [0.15, 0.2) is 0 Å². The summed E-state index contributed by atoms with van der Waals surface area (Å²) < 4.78 is 1.95. The van der Waals surface area contributed by atoms with Gasteiger partial charge in [0.05, 0.1) is 16.9 Å². The molecule has 6 rings (SSSR count). The maximum atomic E-state index is 12.7. The number of likely N-dealkylation sites (tertiary alicyclic amines) is 1. The third-order valence-electron chi connectivity index (χ3n) is 8.68. The van der Waals surface area contributed by atoms with Crippen LogP contribution in [0.4, 0.5) is 5.69 Å². The van der Waals surface area contributed by atoms with Crippen molar-refractivity contribution in [3.63, 3.8) is 0 Å². The number of piperazine rings is 1.